The molecule has 2 aliphatic heterocycles. The van der Waals surface area contributed by atoms with E-state index in [4.69, 9.17) is 10.00 Å². The first-order valence-electron chi connectivity index (χ1n) is 9.14. The van der Waals surface area contributed by atoms with Crippen molar-refractivity contribution >= 4 is 5.82 Å². The molecule has 0 radical (unpaired) electrons. The fourth-order valence-electron chi connectivity index (χ4n) is 4.01. The molecule has 1 atom stereocenters. The Morgan fingerprint density at radius 2 is 2.04 bits per heavy atom. The molecule has 26 heavy (non-hydrogen) atoms. The van der Waals surface area contributed by atoms with Crippen LogP contribution in [0.4, 0.5) is 5.82 Å². The maximum atomic E-state index is 9.11. The minimum Gasteiger partial charge on any atom is -0.370 e. The molecule has 0 saturated carbocycles. The molecule has 4 rings (SSSR count). The number of piperidine rings is 1. The Bertz CT molecular complexity index is 786. The van der Waals surface area contributed by atoms with E-state index >= 15 is 0 Å². The first-order valence-corrected chi connectivity index (χ1v) is 9.14. The molecule has 2 fully saturated rings. The van der Waals surface area contributed by atoms with E-state index in [0.717, 1.165) is 58.0 Å². The highest BCUT2D eigenvalue weighted by molar-refractivity contribution is 5.42. The van der Waals surface area contributed by atoms with E-state index in [1.807, 2.05) is 24.5 Å². The number of aromatic nitrogens is 2. The number of nitriles is 1. The maximum absolute atomic E-state index is 9.11. The summed E-state index contributed by atoms with van der Waals surface area (Å²) in [6.45, 7) is 5.33. The number of rotatable bonds is 3. The second kappa shape index (κ2) is 7.40. The van der Waals surface area contributed by atoms with Gasteiger partial charge < -0.3 is 9.64 Å². The Morgan fingerprint density at radius 1 is 1.15 bits per heavy atom. The van der Waals surface area contributed by atoms with E-state index in [0.29, 0.717) is 5.69 Å². The highest BCUT2D eigenvalue weighted by Crippen LogP contribution is 2.31. The van der Waals surface area contributed by atoms with Crippen molar-refractivity contribution in [1.82, 2.24) is 14.9 Å². The predicted octanol–water partition coefficient (Wildman–Crippen LogP) is 2.22. The van der Waals surface area contributed by atoms with Gasteiger partial charge in [-0.2, -0.15) is 5.26 Å². The summed E-state index contributed by atoms with van der Waals surface area (Å²) in [6.07, 6.45) is 5.83. The van der Waals surface area contributed by atoms with Crippen molar-refractivity contribution in [2.75, 3.05) is 37.7 Å². The standard InChI is InChI=1S/C20H23N5O/c21-13-18-3-1-4-19(23-18)25-10-2-7-20(16-25)15-24(11-12-26-20)14-17-5-8-22-9-6-17/h1,3-6,8-9H,2,7,10-12,14-16H2/t20-/m1/s1. The Morgan fingerprint density at radius 3 is 2.88 bits per heavy atom. The van der Waals surface area contributed by atoms with Crippen molar-refractivity contribution in [3.05, 3.63) is 54.0 Å². The molecular formula is C20H23N5O. The number of hydrogen-bond donors (Lipinski definition) is 0. The molecule has 6 heteroatoms. The molecular weight excluding hydrogens is 326 g/mol. The Balaban J connectivity index is 1.47. The molecule has 2 aromatic heterocycles. The molecule has 0 bridgehead atoms. The van der Waals surface area contributed by atoms with Crippen LogP contribution < -0.4 is 4.90 Å². The van der Waals surface area contributed by atoms with Crippen LogP contribution in [-0.4, -0.2) is 53.3 Å². The lowest BCUT2D eigenvalue weighted by Crippen LogP contribution is -2.59. The van der Waals surface area contributed by atoms with Crippen LogP contribution in [0.25, 0.3) is 0 Å². The van der Waals surface area contributed by atoms with Gasteiger partial charge in [-0.05, 0) is 42.7 Å². The zero-order chi connectivity index (χ0) is 17.8. The lowest BCUT2D eigenvalue weighted by Gasteiger charge is -2.48. The molecule has 0 amide bonds. The van der Waals surface area contributed by atoms with Gasteiger partial charge in [0.2, 0.25) is 0 Å². The van der Waals surface area contributed by atoms with E-state index in [1.165, 1.54) is 5.56 Å². The lowest BCUT2D eigenvalue weighted by molar-refractivity contribution is -0.116. The summed E-state index contributed by atoms with van der Waals surface area (Å²) in [6, 6.07) is 11.9. The van der Waals surface area contributed by atoms with Gasteiger partial charge in [-0.3, -0.25) is 9.88 Å². The Kier molecular flexibility index (Phi) is 4.83. The van der Waals surface area contributed by atoms with E-state index in [1.54, 1.807) is 6.07 Å². The summed E-state index contributed by atoms with van der Waals surface area (Å²) in [7, 11) is 0. The smallest absolute Gasteiger partial charge is 0.142 e. The van der Waals surface area contributed by atoms with Crippen molar-refractivity contribution in [1.29, 1.82) is 5.26 Å². The van der Waals surface area contributed by atoms with Crippen LogP contribution in [0.15, 0.2) is 42.7 Å². The second-order valence-electron chi connectivity index (χ2n) is 7.12. The van der Waals surface area contributed by atoms with Crippen molar-refractivity contribution in [2.24, 2.45) is 0 Å². The summed E-state index contributed by atoms with van der Waals surface area (Å²) < 4.78 is 6.29. The molecule has 4 heterocycles. The van der Waals surface area contributed by atoms with Crippen LogP contribution in [0.3, 0.4) is 0 Å². The molecule has 2 aliphatic rings. The number of anilines is 1. The molecule has 1 spiro atoms. The van der Waals surface area contributed by atoms with Gasteiger partial charge in [0.25, 0.3) is 0 Å². The van der Waals surface area contributed by atoms with Gasteiger partial charge in [-0.25, -0.2) is 4.98 Å². The third kappa shape index (κ3) is 3.69. The lowest BCUT2D eigenvalue weighted by atomic mass is 9.90. The molecule has 0 unspecified atom stereocenters. The molecule has 6 nitrogen and oxygen atoms in total. The third-order valence-electron chi connectivity index (χ3n) is 5.20. The number of hydrogen-bond acceptors (Lipinski definition) is 6. The van der Waals surface area contributed by atoms with Gasteiger partial charge in [0.05, 0.1) is 12.2 Å². The molecule has 2 saturated heterocycles. The van der Waals surface area contributed by atoms with Gasteiger partial charge in [-0.15, -0.1) is 0 Å². The van der Waals surface area contributed by atoms with Crippen LogP contribution in [0.5, 0.6) is 0 Å². The first kappa shape index (κ1) is 17.0. The van der Waals surface area contributed by atoms with Gasteiger partial charge in [-0.1, -0.05) is 6.07 Å². The van der Waals surface area contributed by atoms with Gasteiger partial charge >= 0.3 is 0 Å². The van der Waals surface area contributed by atoms with Gasteiger partial charge in [0.15, 0.2) is 0 Å². The van der Waals surface area contributed by atoms with Crippen molar-refractivity contribution in [3.8, 4) is 6.07 Å². The average molecular weight is 349 g/mol. The zero-order valence-corrected chi connectivity index (χ0v) is 14.8. The highest BCUT2D eigenvalue weighted by Gasteiger charge is 2.40. The summed E-state index contributed by atoms with van der Waals surface area (Å²) in [5.41, 5.74) is 1.59. The van der Waals surface area contributed by atoms with E-state index < -0.39 is 0 Å². The number of morpholine rings is 1. The van der Waals surface area contributed by atoms with E-state index in [2.05, 4.69) is 38.0 Å². The summed E-state index contributed by atoms with van der Waals surface area (Å²) in [5, 5.41) is 9.11. The topological polar surface area (TPSA) is 65.3 Å². The zero-order valence-electron chi connectivity index (χ0n) is 14.8. The number of nitrogens with zero attached hydrogens (tertiary/aromatic N) is 5. The van der Waals surface area contributed by atoms with Crippen molar-refractivity contribution < 1.29 is 4.74 Å². The second-order valence-corrected chi connectivity index (χ2v) is 7.12. The molecule has 0 aromatic carbocycles. The quantitative estimate of drug-likeness (QED) is 0.847. The minimum absolute atomic E-state index is 0.159. The fraction of sp³-hybridized carbons (Fsp3) is 0.450. The Labute approximate surface area is 154 Å². The highest BCUT2D eigenvalue weighted by atomic mass is 16.5. The molecule has 0 aliphatic carbocycles. The largest absolute Gasteiger partial charge is 0.370 e. The van der Waals surface area contributed by atoms with Crippen LogP contribution in [0.2, 0.25) is 0 Å². The predicted molar refractivity (Wildman–Crippen MR) is 98.6 cm³/mol. The first-order chi connectivity index (χ1) is 12.8. The van der Waals surface area contributed by atoms with Crippen LogP contribution in [0.1, 0.15) is 24.1 Å². The summed E-state index contributed by atoms with van der Waals surface area (Å²) >= 11 is 0. The van der Waals surface area contributed by atoms with Gasteiger partial charge in [0, 0.05) is 45.1 Å². The van der Waals surface area contributed by atoms with Crippen LogP contribution in [-0.2, 0) is 11.3 Å². The fourth-order valence-corrected chi connectivity index (χ4v) is 4.01. The average Bonchev–Trinajstić information content (AvgIpc) is 2.69. The van der Waals surface area contributed by atoms with E-state index in [9.17, 15) is 0 Å². The minimum atomic E-state index is -0.159. The molecule has 0 N–H and O–H groups in total. The summed E-state index contributed by atoms with van der Waals surface area (Å²) in [4.78, 5) is 13.3. The SMILES string of the molecule is N#Cc1cccc(N2CCC[C@@]3(CN(Cc4ccncc4)CCO3)C2)n1. The monoisotopic (exact) mass is 349 g/mol. The molecule has 134 valence electrons. The normalized spacial score (nSPS) is 23.7. The van der Waals surface area contributed by atoms with Crippen LogP contribution in [0, 0.1) is 11.3 Å². The summed E-state index contributed by atoms with van der Waals surface area (Å²) in [5.74, 6) is 0.873. The molecule has 2 aromatic rings. The van der Waals surface area contributed by atoms with Gasteiger partial charge in [0.1, 0.15) is 17.6 Å². The van der Waals surface area contributed by atoms with Crippen molar-refractivity contribution in [3.63, 3.8) is 0 Å². The third-order valence-corrected chi connectivity index (χ3v) is 5.20. The number of pyridine rings is 2. The van der Waals surface area contributed by atoms with E-state index in [-0.39, 0.29) is 5.60 Å². The Hall–Kier alpha value is -2.49. The maximum Gasteiger partial charge on any atom is 0.142 e. The number of ether oxygens (including phenoxy) is 1. The van der Waals surface area contributed by atoms with Crippen LogP contribution >= 0.6 is 0 Å². The van der Waals surface area contributed by atoms with Crippen molar-refractivity contribution in [2.45, 2.75) is 25.0 Å².